The zero-order chi connectivity index (χ0) is 11.9. The van der Waals surface area contributed by atoms with Gasteiger partial charge in [0.05, 0.1) is 5.75 Å². The first kappa shape index (κ1) is 14.8. The van der Waals surface area contributed by atoms with Crippen molar-refractivity contribution >= 4 is 10.1 Å². The van der Waals surface area contributed by atoms with Gasteiger partial charge in [-0.25, -0.2) is 0 Å². The van der Waals surface area contributed by atoms with Crippen LogP contribution in [0.25, 0.3) is 0 Å². The van der Waals surface area contributed by atoms with Crippen LogP contribution in [-0.4, -0.2) is 30.8 Å². The van der Waals surface area contributed by atoms with Crippen molar-refractivity contribution in [2.24, 2.45) is 11.5 Å². The lowest BCUT2D eigenvalue weighted by Gasteiger charge is -2.22. The van der Waals surface area contributed by atoms with Crippen LogP contribution in [0.2, 0.25) is 0 Å². The van der Waals surface area contributed by atoms with Crippen molar-refractivity contribution in [1.29, 1.82) is 0 Å². The highest BCUT2D eigenvalue weighted by atomic mass is 32.2. The molecule has 92 valence electrons. The summed E-state index contributed by atoms with van der Waals surface area (Å²) in [6.45, 7) is 1.69. The van der Waals surface area contributed by atoms with Gasteiger partial charge in [0.25, 0.3) is 10.1 Å². The molecule has 0 aromatic heterocycles. The Morgan fingerprint density at radius 3 is 1.87 bits per heavy atom. The van der Waals surface area contributed by atoms with Gasteiger partial charge in [-0.05, 0) is 25.7 Å². The van der Waals surface area contributed by atoms with Crippen molar-refractivity contribution in [3.63, 3.8) is 0 Å². The fourth-order valence-corrected chi connectivity index (χ4v) is 2.04. The van der Waals surface area contributed by atoms with Crippen LogP contribution in [0, 0.1) is 0 Å². The SMILES string of the molecule is CCCS(=O)(=O)O.NC1CCCC(N)C1. The van der Waals surface area contributed by atoms with Crippen LogP contribution >= 0.6 is 0 Å². The molecule has 0 amide bonds. The molecule has 0 aromatic rings. The van der Waals surface area contributed by atoms with E-state index >= 15 is 0 Å². The molecule has 1 aliphatic carbocycles. The van der Waals surface area contributed by atoms with Crippen molar-refractivity contribution in [3.05, 3.63) is 0 Å². The van der Waals surface area contributed by atoms with E-state index < -0.39 is 10.1 Å². The first-order valence-electron chi connectivity index (χ1n) is 5.31. The van der Waals surface area contributed by atoms with E-state index in [0.717, 1.165) is 6.42 Å². The predicted octanol–water partition coefficient (Wildman–Crippen LogP) is 0.499. The summed E-state index contributed by atoms with van der Waals surface area (Å²) in [5.74, 6) is -0.132. The normalized spacial score (nSPS) is 26.7. The van der Waals surface area contributed by atoms with E-state index in [9.17, 15) is 8.42 Å². The molecule has 1 rings (SSSR count). The topological polar surface area (TPSA) is 106 Å². The molecule has 2 atom stereocenters. The zero-order valence-electron chi connectivity index (χ0n) is 9.22. The zero-order valence-corrected chi connectivity index (χ0v) is 10.0. The molecule has 1 aliphatic rings. The number of nitrogens with two attached hydrogens (primary N) is 2. The summed E-state index contributed by atoms with van der Waals surface area (Å²) in [4.78, 5) is 0. The van der Waals surface area contributed by atoms with Gasteiger partial charge in [-0.2, -0.15) is 8.42 Å². The largest absolute Gasteiger partial charge is 0.328 e. The average Bonchev–Trinajstić information content (AvgIpc) is 2.01. The molecule has 5 N–H and O–H groups in total. The molecule has 0 saturated heterocycles. The number of hydrogen-bond donors (Lipinski definition) is 3. The van der Waals surface area contributed by atoms with Crippen molar-refractivity contribution in [2.45, 2.75) is 51.1 Å². The first-order valence-corrected chi connectivity index (χ1v) is 6.92. The highest BCUT2D eigenvalue weighted by molar-refractivity contribution is 7.85. The average molecular weight is 238 g/mol. The van der Waals surface area contributed by atoms with Crippen molar-refractivity contribution in [1.82, 2.24) is 0 Å². The minimum absolute atomic E-state index is 0.132. The summed E-state index contributed by atoms with van der Waals surface area (Å²) in [5.41, 5.74) is 11.3. The molecule has 2 unspecified atom stereocenters. The van der Waals surface area contributed by atoms with Gasteiger partial charge in [0.2, 0.25) is 0 Å². The van der Waals surface area contributed by atoms with Crippen molar-refractivity contribution < 1.29 is 13.0 Å². The van der Waals surface area contributed by atoms with Gasteiger partial charge in [0, 0.05) is 12.1 Å². The van der Waals surface area contributed by atoms with Gasteiger partial charge >= 0.3 is 0 Å². The Bertz CT molecular complexity index is 246. The standard InChI is InChI=1S/C6H14N2.C3H8O3S/c7-5-2-1-3-6(8)4-5;1-2-3-7(4,5)6/h5-6H,1-4,7-8H2;2-3H2,1H3,(H,4,5,6). The Balaban J connectivity index is 0.000000265. The fourth-order valence-electron chi connectivity index (χ4n) is 1.52. The molecule has 0 spiro atoms. The van der Waals surface area contributed by atoms with Gasteiger partial charge in [-0.3, -0.25) is 4.55 Å². The molecule has 6 heteroatoms. The summed E-state index contributed by atoms with van der Waals surface area (Å²) in [7, 11) is -3.67. The lowest BCUT2D eigenvalue weighted by Crippen LogP contribution is -2.35. The van der Waals surface area contributed by atoms with Gasteiger partial charge in [0.1, 0.15) is 0 Å². The van der Waals surface area contributed by atoms with Crippen molar-refractivity contribution in [3.8, 4) is 0 Å². The first-order chi connectivity index (χ1) is 6.85. The van der Waals surface area contributed by atoms with E-state index in [1.807, 2.05) is 0 Å². The van der Waals surface area contributed by atoms with Crippen LogP contribution in [0.1, 0.15) is 39.0 Å². The third-order valence-electron chi connectivity index (χ3n) is 2.22. The molecular formula is C9H22N2O3S. The van der Waals surface area contributed by atoms with Gasteiger partial charge in [-0.1, -0.05) is 13.3 Å². The summed E-state index contributed by atoms with van der Waals surface area (Å²) < 4.78 is 27.6. The smallest absolute Gasteiger partial charge is 0.264 e. The van der Waals surface area contributed by atoms with Gasteiger partial charge in [0.15, 0.2) is 0 Å². The Kier molecular flexibility index (Phi) is 7.08. The minimum Gasteiger partial charge on any atom is -0.328 e. The Morgan fingerprint density at radius 1 is 1.27 bits per heavy atom. The van der Waals surface area contributed by atoms with E-state index in [2.05, 4.69) is 0 Å². The second kappa shape index (κ2) is 7.16. The Labute approximate surface area is 92.0 Å². The molecule has 0 bridgehead atoms. The molecule has 0 aliphatic heterocycles. The Hall–Kier alpha value is -0.170. The van der Waals surface area contributed by atoms with Crippen LogP contribution in [-0.2, 0) is 10.1 Å². The Morgan fingerprint density at radius 2 is 1.73 bits per heavy atom. The maximum atomic E-state index is 9.79. The highest BCUT2D eigenvalue weighted by Crippen LogP contribution is 2.14. The quantitative estimate of drug-likeness (QED) is 0.607. The second-order valence-electron chi connectivity index (χ2n) is 3.97. The maximum absolute atomic E-state index is 9.79. The lowest BCUT2D eigenvalue weighted by molar-refractivity contribution is 0.392. The summed E-state index contributed by atoms with van der Waals surface area (Å²) in [5, 5.41) is 0. The van der Waals surface area contributed by atoms with E-state index in [1.54, 1.807) is 6.92 Å². The van der Waals surface area contributed by atoms with E-state index in [0.29, 0.717) is 18.5 Å². The van der Waals surface area contributed by atoms with Gasteiger partial charge in [-0.15, -0.1) is 0 Å². The summed E-state index contributed by atoms with van der Waals surface area (Å²) in [6.07, 6.45) is 5.07. The van der Waals surface area contributed by atoms with E-state index in [-0.39, 0.29) is 5.75 Å². The molecule has 15 heavy (non-hydrogen) atoms. The third-order valence-corrected chi connectivity index (χ3v) is 3.14. The van der Waals surface area contributed by atoms with E-state index in [4.69, 9.17) is 16.0 Å². The monoisotopic (exact) mass is 238 g/mol. The highest BCUT2D eigenvalue weighted by Gasteiger charge is 2.14. The van der Waals surface area contributed by atoms with E-state index in [1.165, 1.54) is 19.3 Å². The van der Waals surface area contributed by atoms with Crippen LogP contribution in [0.5, 0.6) is 0 Å². The molecule has 1 saturated carbocycles. The summed E-state index contributed by atoms with van der Waals surface area (Å²) >= 11 is 0. The third kappa shape index (κ3) is 10.1. The van der Waals surface area contributed by atoms with Crippen molar-refractivity contribution in [2.75, 3.05) is 5.75 Å². The summed E-state index contributed by atoms with van der Waals surface area (Å²) in [6, 6.07) is 0.775. The molecule has 5 nitrogen and oxygen atoms in total. The van der Waals surface area contributed by atoms with Crippen LogP contribution in [0.15, 0.2) is 0 Å². The van der Waals surface area contributed by atoms with Crippen LogP contribution in [0.3, 0.4) is 0 Å². The van der Waals surface area contributed by atoms with Crippen LogP contribution < -0.4 is 11.5 Å². The molecule has 0 heterocycles. The molecule has 0 radical (unpaired) electrons. The number of hydrogen-bond acceptors (Lipinski definition) is 4. The minimum atomic E-state index is -3.67. The lowest BCUT2D eigenvalue weighted by atomic mass is 9.92. The molecule has 0 aromatic carbocycles. The molecule has 1 fully saturated rings. The maximum Gasteiger partial charge on any atom is 0.264 e. The second-order valence-corrected chi connectivity index (χ2v) is 5.54. The van der Waals surface area contributed by atoms with Gasteiger partial charge < -0.3 is 11.5 Å². The predicted molar refractivity (Wildman–Crippen MR) is 61.1 cm³/mol. The fraction of sp³-hybridized carbons (Fsp3) is 1.00. The van der Waals surface area contributed by atoms with Crippen LogP contribution in [0.4, 0.5) is 0 Å². The molecular weight excluding hydrogens is 216 g/mol. The number of rotatable bonds is 2.